The Labute approximate surface area is 436 Å². The zero-order valence-electron chi connectivity index (χ0n) is 38.9. The molecule has 0 bridgehead atoms. The minimum absolute atomic E-state index is 0.119. The third-order valence-corrected chi connectivity index (χ3v) is 14.8. The van der Waals surface area contributed by atoms with E-state index in [4.69, 9.17) is 6.42 Å². The molecule has 0 saturated carbocycles. The van der Waals surface area contributed by atoms with E-state index in [9.17, 15) is 4.79 Å². The van der Waals surface area contributed by atoms with Crippen molar-refractivity contribution in [3.05, 3.63) is 285 Å². The Morgan fingerprint density at radius 3 is 1.19 bits per heavy atom. The highest BCUT2D eigenvalue weighted by atomic mass is 79.9. The second kappa shape index (κ2) is 19.1. The van der Waals surface area contributed by atoms with Crippen LogP contribution < -0.4 is 0 Å². The Kier molecular flexibility index (Phi) is 11.9. The van der Waals surface area contributed by atoms with Gasteiger partial charge in [0.05, 0.1) is 0 Å². The summed E-state index contributed by atoms with van der Waals surface area (Å²) in [5.74, 6) is 2.66. The number of halogens is 2. The van der Waals surface area contributed by atoms with E-state index in [1.54, 1.807) is 0 Å². The molecule has 0 aromatic heterocycles. The number of carbonyl (C=O) groups is 1. The number of terminal acetylenes is 1. The van der Waals surface area contributed by atoms with Crippen LogP contribution in [0, 0.1) is 12.3 Å². The minimum atomic E-state index is 0.119. The number of allylic oxidation sites excluding steroid dienone is 4. The fourth-order valence-electron chi connectivity index (χ4n) is 10.9. The van der Waals surface area contributed by atoms with E-state index in [1.165, 1.54) is 88.3 Å². The third-order valence-electron chi connectivity index (χ3n) is 13.8. The van der Waals surface area contributed by atoms with Crippen molar-refractivity contribution >= 4 is 81.5 Å². The van der Waals surface area contributed by atoms with Crippen LogP contribution in [0.25, 0.3) is 99.5 Å². The number of fused-ring (bicyclic) bond motifs is 6. The molecule has 0 fully saturated rings. The molecule has 0 amide bonds. The summed E-state index contributed by atoms with van der Waals surface area (Å²) in [4.78, 5) is 13.7. The predicted octanol–water partition coefficient (Wildman–Crippen LogP) is 18.9. The molecule has 0 unspecified atom stereocenters. The van der Waals surface area contributed by atoms with Gasteiger partial charge >= 0.3 is 0 Å². The number of carbonyl (C=O) groups excluding carboxylic acids is 1. The largest absolute Gasteiger partial charge is 0.289 e. The van der Waals surface area contributed by atoms with Crippen LogP contribution in [-0.2, 0) is 4.79 Å². The molecule has 3 heteroatoms. The van der Waals surface area contributed by atoms with E-state index in [0.717, 1.165) is 47.9 Å². The summed E-state index contributed by atoms with van der Waals surface area (Å²) < 4.78 is 2.11. The highest BCUT2D eigenvalue weighted by molar-refractivity contribution is 9.10. The topological polar surface area (TPSA) is 17.1 Å². The summed E-state index contributed by atoms with van der Waals surface area (Å²) in [7, 11) is 0. The van der Waals surface area contributed by atoms with Crippen LogP contribution in [0.15, 0.2) is 258 Å². The molecule has 0 heterocycles. The second-order valence-electron chi connectivity index (χ2n) is 18.0. The number of benzene rings is 11. The molecule has 11 aromatic rings. The summed E-state index contributed by atoms with van der Waals surface area (Å²) in [6.07, 6.45) is 5.15. The normalized spacial score (nSPS) is 12.5. The fraction of sp³-hybridized carbons (Fsp3) is 0. The first kappa shape index (κ1) is 44.8. The van der Waals surface area contributed by atoms with E-state index in [-0.39, 0.29) is 5.78 Å². The lowest BCUT2D eigenvalue weighted by Crippen LogP contribution is -2.02. The lowest BCUT2D eigenvalue weighted by molar-refractivity contribution is -0.108. The van der Waals surface area contributed by atoms with Gasteiger partial charge < -0.3 is 0 Å². The first-order valence-corrected chi connectivity index (χ1v) is 25.5. The second-order valence-corrected chi connectivity index (χ2v) is 19.8. The molecule has 72 heavy (non-hydrogen) atoms. The number of rotatable bonds is 5. The van der Waals surface area contributed by atoms with Crippen molar-refractivity contribution in [2.24, 2.45) is 0 Å². The molecule has 0 saturated heterocycles. The van der Waals surface area contributed by atoms with Gasteiger partial charge in [-0.3, -0.25) is 4.79 Å². The first-order chi connectivity index (χ1) is 35.5. The van der Waals surface area contributed by atoms with E-state index >= 15 is 0 Å². The average molecular weight is 1050 g/mol. The van der Waals surface area contributed by atoms with Gasteiger partial charge in [0.15, 0.2) is 5.78 Å². The van der Waals surface area contributed by atoms with Crippen molar-refractivity contribution in [1.82, 2.24) is 0 Å². The molecule has 3 aliphatic rings. The molecule has 1 nitrogen and oxygen atoms in total. The van der Waals surface area contributed by atoms with Gasteiger partial charge in [0, 0.05) is 36.8 Å². The van der Waals surface area contributed by atoms with Crippen LogP contribution in [-0.4, -0.2) is 5.78 Å². The number of Topliss-reactive ketones (excluding diaryl/α,β-unsaturated/α-hetero) is 1. The van der Waals surface area contributed by atoms with Crippen molar-refractivity contribution in [2.45, 2.75) is 0 Å². The summed E-state index contributed by atoms with van der Waals surface area (Å²) in [6.45, 7) is 0. The smallest absolute Gasteiger partial charge is 0.195 e. The highest BCUT2D eigenvalue weighted by Crippen LogP contribution is 2.58. The van der Waals surface area contributed by atoms with E-state index in [0.29, 0.717) is 0 Å². The van der Waals surface area contributed by atoms with E-state index < -0.39 is 0 Å². The molecule has 14 rings (SSSR count). The summed E-state index contributed by atoms with van der Waals surface area (Å²) in [5, 5.41) is 5.12. The molecule has 0 N–H and O–H groups in total. The average Bonchev–Trinajstić information content (AvgIpc) is 4.06. The molecule has 0 atom stereocenters. The maximum Gasteiger partial charge on any atom is 0.195 e. The predicted molar refractivity (Wildman–Crippen MR) is 310 cm³/mol. The van der Waals surface area contributed by atoms with Crippen molar-refractivity contribution < 1.29 is 4.79 Å². The van der Waals surface area contributed by atoms with E-state index in [2.05, 4.69) is 202 Å². The summed E-state index contributed by atoms with van der Waals surface area (Å²) >= 11 is 7.02. The monoisotopic (exact) mass is 1040 g/mol. The Morgan fingerprint density at radius 1 is 0.306 bits per heavy atom. The van der Waals surface area contributed by atoms with Crippen LogP contribution >= 0.6 is 31.9 Å². The number of hydrogen-bond acceptors (Lipinski definition) is 1. The molecule has 0 aliphatic heterocycles. The SMILES string of the molecule is Brc1cccc(-c2cc(-c3ccccc3)c3c(c2-c2ccccc2)-c2cccc4cccc-3c24)c1.C#Cc1cccc(Br)c1.O=C1C(c2ccccc2)=C2C(=C1c1ccccc1)c1cccc3cccc2c13. The molecule has 0 spiro atoms. The zero-order valence-corrected chi connectivity index (χ0v) is 42.1. The molecule has 0 radical (unpaired) electrons. The summed E-state index contributed by atoms with van der Waals surface area (Å²) in [6, 6.07) is 86.7. The van der Waals surface area contributed by atoms with Gasteiger partial charge in [0.1, 0.15) is 0 Å². The Morgan fingerprint density at radius 2 is 0.708 bits per heavy atom. The quantitative estimate of drug-likeness (QED) is 0.157. The van der Waals surface area contributed by atoms with Crippen molar-refractivity contribution in [3.63, 3.8) is 0 Å². The summed E-state index contributed by atoms with van der Waals surface area (Å²) in [5.41, 5.74) is 21.8. The first-order valence-electron chi connectivity index (χ1n) is 24.0. The van der Waals surface area contributed by atoms with Gasteiger partial charge in [-0.25, -0.2) is 0 Å². The van der Waals surface area contributed by atoms with Gasteiger partial charge in [-0.2, -0.15) is 0 Å². The maximum atomic E-state index is 13.7. The van der Waals surface area contributed by atoms with Crippen LogP contribution in [0.2, 0.25) is 0 Å². The van der Waals surface area contributed by atoms with E-state index in [1.807, 2.05) is 84.9 Å². The van der Waals surface area contributed by atoms with Gasteiger partial charge in [-0.15, -0.1) is 6.42 Å². The standard InChI is InChI=1S/C34H21Br.C27H16O.C8H5Br/c35-26-17-7-16-25(20-26)30-21-29(22-10-3-1-4-11-22)33-27-18-8-14-23-15-9-19-28(31(23)27)34(33)32(30)24-12-5-2-6-13-24;28-27-23(18-9-3-1-4-10-18)25-20-15-7-13-17-14-8-16-21(22(17)20)26(25)24(27)19-11-5-2-6-12-19;1-2-7-4-3-5-8(9)6-7/h1-21H;1-16H;1,3-6H. The minimum Gasteiger partial charge on any atom is -0.289 e. The molecule has 3 aliphatic carbocycles. The van der Waals surface area contributed by atoms with Gasteiger partial charge in [0.2, 0.25) is 0 Å². The number of ketones is 1. The van der Waals surface area contributed by atoms with Crippen LogP contribution in [0.5, 0.6) is 0 Å². The number of hydrogen-bond donors (Lipinski definition) is 0. The Bertz CT molecular complexity index is 3940. The van der Waals surface area contributed by atoms with Crippen LogP contribution in [0.4, 0.5) is 0 Å². The molecular weight excluding hydrogens is 1000 g/mol. The maximum absolute atomic E-state index is 13.7. The van der Waals surface area contributed by atoms with Gasteiger partial charge in [0.25, 0.3) is 0 Å². The molecule has 11 aromatic carbocycles. The Balaban J connectivity index is 0.000000128. The lowest BCUT2D eigenvalue weighted by atomic mass is 9.82. The van der Waals surface area contributed by atoms with Crippen LogP contribution in [0.3, 0.4) is 0 Å². The molecule has 338 valence electrons. The fourth-order valence-corrected chi connectivity index (χ4v) is 11.7. The molecular formula is C69H42Br2O. The Hall–Kier alpha value is -8.39. The highest BCUT2D eigenvalue weighted by Gasteiger charge is 2.40. The third kappa shape index (κ3) is 7.87. The van der Waals surface area contributed by atoms with Crippen molar-refractivity contribution in [2.75, 3.05) is 0 Å². The van der Waals surface area contributed by atoms with Crippen LogP contribution in [0.1, 0.15) is 27.8 Å². The van der Waals surface area contributed by atoms with Gasteiger partial charge in [-0.05, 0) is 136 Å². The lowest BCUT2D eigenvalue weighted by Gasteiger charge is -2.21. The van der Waals surface area contributed by atoms with Crippen molar-refractivity contribution in [3.8, 4) is 68.0 Å². The van der Waals surface area contributed by atoms with Crippen molar-refractivity contribution in [1.29, 1.82) is 0 Å². The zero-order chi connectivity index (χ0) is 48.7. The van der Waals surface area contributed by atoms with Gasteiger partial charge in [-0.1, -0.05) is 250 Å².